The Hall–Kier alpha value is -3.19. The van der Waals surface area contributed by atoms with Crippen LogP contribution < -0.4 is 10.3 Å². The summed E-state index contributed by atoms with van der Waals surface area (Å²) in [7, 11) is 1.62. The van der Waals surface area contributed by atoms with Gasteiger partial charge in [0.05, 0.1) is 12.8 Å². The minimum Gasteiger partial charge on any atom is -0.508 e. The molecule has 0 spiro atoms. The molecule has 0 saturated carbocycles. The number of pyridine rings is 1. The highest BCUT2D eigenvalue weighted by molar-refractivity contribution is 5.53. The van der Waals surface area contributed by atoms with Crippen molar-refractivity contribution in [3.8, 4) is 22.9 Å². The number of rotatable bonds is 5. The monoisotopic (exact) mass is 392 g/mol. The minimum absolute atomic E-state index is 0.149. The van der Waals surface area contributed by atoms with E-state index < -0.39 is 0 Å². The number of likely N-dealkylation sites (tertiary alicyclic amines) is 1. The highest BCUT2D eigenvalue weighted by atomic mass is 16.5. The molecule has 7 nitrogen and oxygen atoms in total. The first-order valence-corrected chi connectivity index (χ1v) is 9.72. The van der Waals surface area contributed by atoms with Crippen LogP contribution in [0.25, 0.3) is 11.4 Å². The molecule has 1 aliphatic rings. The van der Waals surface area contributed by atoms with E-state index >= 15 is 0 Å². The summed E-state index contributed by atoms with van der Waals surface area (Å²) in [6.45, 7) is 2.34. The molecule has 1 atom stereocenters. The van der Waals surface area contributed by atoms with Gasteiger partial charge in [0, 0.05) is 48.6 Å². The number of methoxy groups -OCH3 is 1. The van der Waals surface area contributed by atoms with E-state index in [1.165, 1.54) is 0 Å². The molecule has 0 radical (unpaired) electrons. The summed E-state index contributed by atoms with van der Waals surface area (Å²) in [4.78, 5) is 26.1. The predicted octanol–water partition coefficient (Wildman–Crippen LogP) is 2.93. The molecule has 150 valence electrons. The summed E-state index contributed by atoms with van der Waals surface area (Å²) in [6, 6.07) is 10.5. The second-order valence-corrected chi connectivity index (χ2v) is 7.32. The number of nitrogens with one attached hydrogen (secondary N) is 1. The fourth-order valence-electron chi connectivity index (χ4n) is 3.83. The van der Waals surface area contributed by atoms with Crippen LogP contribution in [0.1, 0.15) is 30.0 Å². The maximum Gasteiger partial charge on any atom is 0.251 e. The van der Waals surface area contributed by atoms with Crippen molar-refractivity contribution in [1.82, 2.24) is 19.9 Å². The number of piperidine rings is 1. The third-order valence-corrected chi connectivity index (χ3v) is 5.32. The van der Waals surface area contributed by atoms with Gasteiger partial charge < -0.3 is 14.8 Å². The molecule has 0 aliphatic carbocycles. The Balaban J connectivity index is 1.55. The zero-order valence-corrected chi connectivity index (χ0v) is 16.3. The average molecular weight is 392 g/mol. The maximum absolute atomic E-state index is 12.2. The third-order valence-electron chi connectivity index (χ3n) is 5.32. The van der Waals surface area contributed by atoms with E-state index in [9.17, 15) is 9.90 Å². The molecule has 7 heteroatoms. The van der Waals surface area contributed by atoms with Gasteiger partial charge in [-0.05, 0) is 49.7 Å². The van der Waals surface area contributed by atoms with Crippen LogP contribution in [0.4, 0.5) is 0 Å². The van der Waals surface area contributed by atoms with Crippen LogP contribution in [-0.2, 0) is 6.54 Å². The molecule has 1 unspecified atom stereocenters. The highest BCUT2D eigenvalue weighted by Crippen LogP contribution is 2.29. The van der Waals surface area contributed by atoms with Crippen molar-refractivity contribution in [3.05, 3.63) is 70.4 Å². The van der Waals surface area contributed by atoms with Crippen molar-refractivity contribution in [1.29, 1.82) is 0 Å². The maximum atomic E-state index is 12.2. The van der Waals surface area contributed by atoms with Crippen LogP contribution in [0.5, 0.6) is 11.5 Å². The lowest BCUT2D eigenvalue weighted by Crippen LogP contribution is -2.34. The summed E-state index contributed by atoms with van der Waals surface area (Å²) in [5, 5.41) is 10.2. The number of hydrogen-bond donors (Lipinski definition) is 2. The zero-order chi connectivity index (χ0) is 20.2. The van der Waals surface area contributed by atoms with Gasteiger partial charge in [0.25, 0.3) is 5.56 Å². The summed E-state index contributed by atoms with van der Waals surface area (Å²) in [5.41, 5.74) is 2.33. The first-order chi connectivity index (χ1) is 14.1. The quantitative estimate of drug-likeness (QED) is 0.694. The summed E-state index contributed by atoms with van der Waals surface area (Å²) < 4.78 is 5.28. The lowest BCUT2D eigenvalue weighted by atomic mass is 9.94. The summed E-state index contributed by atoms with van der Waals surface area (Å²) in [6.07, 6.45) is 5.36. The molecule has 3 heterocycles. The van der Waals surface area contributed by atoms with Crippen molar-refractivity contribution >= 4 is 0 Å². The van der Waals surface area contributed by atoms with E-state index in [1.807, 2.05) is 18.2 Å². The number of H-pyrrole nitrogens is 1. The molecule has 1 aromatic carbocycles. The Labute approximate surface area is 169 Å². The molecule has 1 saturated heterocycles. The Bertz CT molecular complexity index is 1040. The smallest absolute Gasteiger partial charge is 0.251 e. The number of phenols is 1. The van der Waals surface area contributed by atoms with Crippen LogP contribution in [0.3, 0.4) is 0 Å². The molecule has 29 heavy (non-hydrogen) atoms. The van der Waals surface area contributed by atoms with Crippen molar-refractivity contribution in [2.75, 3.05) is 20.2 Å². The van der Waals surface area contributed by atoms with Gasteiger partial charge in [-0.15, -0.1) is 0 Å². The number of phenolic OH excluding ortho intramolecular Hbond substituents is 1. The van der Waals surface area contributed by atoms with E-state index in [0.717, 1.165) is 48.5 Å². The Morgan fingerprint density at radius 3 is 2.86 bits per heavy atom. The Morgan fingerprint density at radius 2 is 2.07 bits per heavy atom. The predicted molar refractivity (Wildman–Crippen MR) is 110 cm³/mol. The Morgan fingerprint density at radius 1 is 1.24 bits per heavy atom. The van der Waals surface area contributed by atoms with Gasteiger partial charge in [0.1, 0.15) is 17.3 Å². The topological polar surface area (TPSA) is 91.3 Å². The van der Waals surface area contributed by atoms with Gasteiger partial charge in [-0.25, -0.2) is 4.98 Å². The van der Waals surface area contributed by atoms with Crippen LogP contribution in [0.15, 0.2) is 53.6 Å². The number of ether oxygens (including phenoxy) is 1. The number of aromatic nitrogens is 3. The first kappa shape index (κ1) is 19.1. The number of aromatic amines is 1. The molecule has 4 rings (SSSR count). The largest absolute Gasteiger partial charge is 0.508 e. The van der Waals surface area contributed by atoms with Crippen LogP contribution in [0.2, 0.25) is 0 Å². The van der Waals surface area contributed by atoms with E-state index in [-0.39, 0.29) is 17.2 Å². The van der Waals surface area contributed by atoms with Gasteiger partial charge in [-0.2, -0.15) is 0 Å². The molecule has 3 aromatic rings. The highest BCUT2D eigenvalue weighted by Gasteiger charge is 2.24. The molecule has 0 amide bonds. The molecular formula is C22H24N4O3. The fraction of sp³-hybridized carbons (Fsp3) is 0.318. The van der Waals surface area contributed by atoms with E-state index in [2.05, 4.69) is 14.9 Å². The van der Waals surface area contributed by atoms with Crippen LogP contribution >= 0.6 is 0 Å². The molecule has 0 bridgehead atoms. The van der Waals surface area contributed by atoms with Gasteiger partial charge in [-0.3, -0.25) is 14.7 Å². The van der Waals surface area contributed by atoms with Gasteiger partial charge in [0.15, 0.2) is 0 Å². The normalized spacial score (nSPS) is 17.2. The lowest BCUT2D eigenvalue weighted by Gasteiger charge is -2.32. The number of hydrogen-bond acceptors (Lipinski definition) is 6. The van der Waals surface area contributed by atoms with Crippen LogP contribution in [0, 0.1) is 0 Å². The van der Waals surface area contributed by atoms with Gasteiger partial charge in [-0.1, -0.05) is 0 Å². The molecular weight excluding hydrogens is 368 g/mol. The van der Waals surface area contributed by atoms with Crippen molar-refractivity contribution in [2.45, 2.75) is 25.3 Å². The van der Waals surface area contributed by atoms with Crippen molar-refractivity contribution in [2.24, 2.45) is 0 Å². The Kier molecular flexibility index (Phi) is 5.57. The van der Waals surface area contributed by atoms with Gasteiger partial charge >= 0.3 is 0 Å². The third kappa shape index (κ3) is 4.46. The van der Waals surface area contributed by atoms with Gasteiger partial charge in [0.2, 0.25) is 0 Å². The minimum atomic E-state index is -0.149. The standard InChI is InChI=1S/C22H24N4O3/c1-29-18-4-5-20(27)17(11-18)14-26-10-2-3-16(13-26)19-12-21(28)25-22(24-19)15-6-8-23-9-7-15/h4-9,11-12,16,27H,2-3,10,13-14H2,1H3,(H,24,25,28). The molecule has 1 fully saturated rings. The SMILES string of the molecule is COc1ccc(O)c(CN2CCCC(c3cc(=O)[nH]c(-c4ccncc4)n3)C2)c1. The zero-order valence-electron chi connectivity index (χ0n) is 16.3. The van der Waals surface area contributed by atoms with E-state index in [1.54, 1.807) is 37.7 Å². The van der Waals surface area contributed by atoms with E-state index in [0.29, 0.717) is 12.4 Å². The number of benzene rings is 1. The molecule has 2 N–H and O–H groups in total. The lowest BCUT2D eigenvalue weighted by molar-refractivity contribution is 0.196. The summed E-state index contributed by atoms with van der Waals surface area (Å²) >= 11 is 0. The number of aromatic hydroxyl groups is 1. The van der Waals surface area contributed by atoms with Crippen molar-refractivity contribution < 1.29 is 9.84 Å². The van der Waals surface area contributed by atoms with Crippen molar-refractivity contribution in [3.63, 3.8) is 0 Å². The second kappa shape index (κ2) is 8.45. The van der Waals surface area contributed by atoms with E-state index in [4.69, 9.17) is 9.72 Å². The molecule has 2 aromatic heterocycles. The van der Waals surface area contributed by atoms with Crippen LogP contribution in [-0.4, -0.2) is 45.2 Å². The average Bonchev–Trinajstić information content (AvgIpc) is 2.76. The first-order valence-electron chi connectivity index (χ1n) is 9.72. The number of nitrogens with zero attached hydrogens (tertiary/aromatic N) is 3. The second-order valence-electron chi connectivity index (χ2n) is 7.32. The summed E-state index contributed by atoms with van der Waals surface area (Å²) in [5.74, 6) is 1.73. The fourth-order valence-corrected chi connectivity index (χ4v) is 3.83. The molecule has 1 aliphatic heterocycles.